The second-order valence-electron chi connectivity index (χ2n) is 4.40. The predicted octanol–water partition coefficient (Wildman–Crippen LogP) is 0.534. The molecule has 1 rings (SSSR count). The number of nitrogens with zero attached hydrogens (tertiary/aromatic N) is 1. The molecule has 0 radical (unpaired) electrons. The van der Waals surface area contributed by atoms with Crippen LogP contribution in [0.3, 0.4) is 0 Å². The van der Waals surface area contributed by atoms with Crippen LogP contribution in [-0.4, -0.2) is 64.5 Å². The fourth-order valence-electron chi connectivity index (χ4n) is 1.88. The van der Waals surface area contributed by atoms with Gasteiger partial charge in [-0.05, 0) is 6.42 Å². The Bertz CT molecular complexity index is 227. The summed E-state index contributed by atoms with van der Waals surface area (Å²) < 4.78 is 15.3. The summed E-state index contributed by atoms with van der Waals surface area (Å²) in [7, 11) is 3.28. The molecule has 1 saturated heterocycles. The van der Waals surface area contributed by atoms with E-state index in [4.69, 9.17) is 14.2 Å². The first-order chi connectivity index (χ1) is 8.20. The molecule has 1 aliphatic rings. The minimum Gasteiger partial charge on any atom is -0.383 e. The number of carbonyl (C=O) groups is 1. The Hall–Kier alpha value is -0.650. The molecule has 0 spiro atoms. The Labute approximate surface area is 103 Å². The van der Waals surface area contributed by atoms with E-state index in [1.165, 1.54) is 0 Å². The molecule has 1 heterocycles. The van der Waals surface area contributed by atoms with Crippen LogP contribution < -0.4 is 0 Å². The number of carbonyl (C=O) groups excluding carboxylic acids is 1. The molecule has 0 aromatic heterocycles. The van der Waals surface area contributed by atoms with E-state index in [-0.39, 0.29) is 11.3 Å². The molecule has 0 atom stereocenters. The van der Waals surface area contributed by atoms with E-state index in [1.54, 1.807) is 14.2 Å². The van der Waals surface area contributed by atoms with E-state index in [0.717, 1.165) is 6.42 Å². The largest absolute Gasteiger partial charge is 0.383 e. The average molecular weight is 245 g/mol. The zero-order valence-corrected chi connectivity index (χ0v) is 11.0. The standard InChI is InChI=1S/C12H23NO4/c1-4-12(9-17-10-12)11(14)13(5-7-15-2)6-8-16-3/h4-10H2,1-3H3. The maximum absolute atomic E-state index is 12.4. The number of rotatable bonds is 8. The number of amides is 1. The summed E-state index contributed by atoms with van der Waals surface area (Å²) in [5, 5.41) is 0. The molecule has 5 heteroatoms. The van der Waals surface area contributed by atoms with E-state index in [9.17, 15) is 4.79 Å². The van der Waals surface area contributed by atoms with Crippen molar-refractivity contribution in [1.82, 2.24) is 4.90 Å². The Morgan fingerprint density at radius 1 is 1.24 bits per heavy atom. The van der Waals surface area contributed by atoms with Crippen LogP contribution in [0.1, 0.15) is 13.3 Å². The molecule has 1 aliphatic heterocycles. The van der Waals surface area contributed by atoms with Crippen LogP contribution >= 0.6 is 0 Å². The Morgan fingerprint density at radius 3 is 2.06 bits per heavy atom. The quantitative estimate of drug-likeness (QED) is 0.626. The number of ether oxygens (including phenoxy) is 3. The molecule has 1 fully saturated rings. The summed E-state index contributed by atoms with van der Waals surface area (Å²) in [6, 6.07) is 0. The first-order valence-corrected chi connectivity index (χ1v) is 6.05. The second kappa shape index (κ2) is 6.93. The van der Waals surface area contributed by atoms with Gasteiger partial charge in [-0.15, -0.1) is 0 Å². The number of methoxy groups -OCH3 is 2. The normalized spacial score (nSPS) is 17.6. The van der Waals surface area contributed by atoms with Crippen molar-refractivity contribution in [2.24, 2.45) is 5.41 Å². The Balaban J connectivity index is 2.57. The smallest absolute Gasteiger partial charge is 0.233 e. The molecule has 0 aromatic rings. The lowest BCUT2D eigenvalue weighted by atomic mass is 9.81. The van der Waals surface area contributed by atoms with Gasteiger partial charge in [-0.1, -0.05) is 6.92 Å². The first kappa shape index (κ1) is 14.4. The van der Waals surface area contributed by atoms with Crippen molar-refractivity contribution < 1.29 is 19.0 Å². The maximum atomic E-state index is 12.4. The Kier molecular flexibility index (Phi) is 5.88. The van der Waals surface area contributed by atoms with Gasteiger partial charge in [-0.25, -0.2) is 0 Å². The van der Waals surface area contributed by atoms with Gasteiger partial charge in [0, 0.05) is 27.3 Å². The van der Waals surface area contributed by atoms with Gasteiger partial charge in [0.2, 0.25) is 5.91 Å². The van der Waals surface area contributed by atoms with Crippen molar-refractivity contribution in [1.29, 1.82) is 0 Å². The van der Waals surface area contributed by atoms with Crippen LogP contribution in [0, 0.1) is 5.41 Å². The van der Waals surface area contributed by atoms with Crippen molar-refractivity contribution in [3.8, 4) is 0 Å². The molecule has 0 aromatic carbocycles. The zero-order valence-electron chi connectivity index (χ0n) is 11.0. The third-order valence-corrected chi connectivity index (χ3v) is 3.31. The van der Waals surface area contributed by atoms with Crippen molar-refractivity contribution in [2.75, 3.05) is 53.7 Å². The van der Waals surface area contributed by atoms with Crippen LogP contribution in [0.25, 0.3) is 0 Å². The van der Waals surface area contributed by atoms with Gasteiger partial charge in [0.15, 0.2) is 0 Å². The van der Waals surface area contributed by atoms with Crippen molar-refractivity contribution >= 4 is 5.91 Å². The molecule has 100 valence electrons. The predicted molar refractivity (Wildman–Crippen MR) is 63.9 cm³/mol. The minimum absolute atomic E-state index is 0.167. The Morgan fingerprint density at radius 2 is 1.76 bits per heavy atom. The number of hydrogen-bond acceptors (Lipinski definition) is 4. The summed E-state index contributed by atoms with van der Waals surface area (Å²) in [5.41, 5.74) is -0.304. The molecule has 0 aliphatic carbocycles. The summed E-state index contributed by atoms with van der Waals surface area (Å²) in [6.45, 7) is 5.44. The van der Waals surface area contributed by atoms with Gasteiger partial charge in [-0.2, -0.15) is 0 Å². The van der Waals surface area contributed by atoms with E-state index in [2.05, 4.69) is 0 Å². The lowest BCUT2D eigenvalue weighted by molar-refractivity contribution is -0.174. The molecule has 0 N–H and O–H groups in total. The van der Waals surface area contributed by atoms with Crippen molar-refractivity contribution in [3.63, 3.8) is 0 Å². The van der Waals surface area contributed by atoms with Gasteiger partial charge < -0.3 is 19.1 Å². The third kappa shape index (κ3) is 3.40. The van der Waals surface area contributed by atoms with Crippen LogP contribution in [0.4, 0.5) is 0 Å². The van der Waals surface area contributed by atoms with E-state index >= 15 is 0 Å². The summed E-state index contributed by atoms with van der Waals surface area (Å²) in [6.07, 6.45) is 0.822. The third-order valence-electron chi connectivity index (χ3n) is 3.31. The van der Waals surface area contributed by atoms with Gasteiger partial charge in [0.25, 0.3) is 0 Å². The van der Waals surface area contributed by atoms with Crippen LogP contribution in [0.2, 0.25) is 0 Å². The molecule has 0 unspecified atom stereocenters. The van der Waals surface area contributed by atoms with Crippen molar-refractivity contribution in [3.05, 3.63) is 0 Å². The summed E-state index contributed by atoms with van der Waals surface area (Å²) in [4.78, 5) is 14.2. The van der Waals surface area contributed by atoms with Gasteiger partial charge >= 0.3 is 0 Å². The number of hydrogen-bond donors (Lipinski definition) is 0. The van der Waals surface area contributed by atoms with E-state index < -0.39 is 0 Å². The lowest BCUT2D eigenvalue weighted by Gasteiger charge is -2.42. The highest BCUT2D eigenvalue weighted by atomic mass is 16.5. The highest BCUT2D eigenvalue weighted by molar-refractivity contribution is 5.83. The lowest BCUT2D eigenvalue weighted by Crippen LogP contribution is -2.56. The van der Waals surface area contributed by atoms with Crippen molar-refractivity contribution in [2.45, 2.75) is 13.3 Å². The molecule has 5 nitrogen and oxygen atoms in total. The van der Waals surface area contributed by atoms with Gasteiger partial charge in [-0.3, -0.25) is 4.79 Å². The summed E-state index contributed by atoms with van der Waals surface area (Å²) >= 11 is 0. The van der Waals surface area contributed by atoms with Crippen LogP contribution in [0.15, 0.2) is 0 Å². The molecule has 17 heavy (non-hydrogen) atoms. The fourth-order valence-corrected chi connectivity index (χ4v) is 1.88. The minimum atomic E-state index is -0.304. The molecular formula is C12H23NO4. The molecule has 1 amide bonds. The highest BCUT2D eigenvalue weighted by Crippen LogP contribution is 2.33. The van der Waals surface area contributed by atoms with Gasteiger partial charge in [0.05, 0.1) is 31.8 Å². The van der Waals surface area contributed by atoms with Crippen LogP contribution in [-0.2, 0) is 19.0 Å². The van der Waals surface area contributed by atoms with Crippen LogP contribution in [0.5, 0.6) is 0 Å². The van der Waals surface area contributed by atoms with E-state index in [0.29, 0.717) is 39.5 Å². The first-order valence-electron chi connectivity index (χ1n) is 6.05. The maximum Gasteiger partial charge on any atom is 0.233 e. The second-order valence-corrected chi connectivity index (χ2v) is 4.40. The highest BCUT2D eigenvalue weighted by Gasteiger charge is 2.46. The fraction of sp³-hybridized carbons (Fsp3) is 0.917. The summed E-state index contributed by atoms with van der Waals surface area (Å²) in [5.74, 6) is 0.167. The molecule has 0 saturated carbocycles. The topological polar surface area (TPSA) is 48.0 Å². The van der Waals surface area contributed by atoms with E-state index in [1.807, 2.05) is 11.8 Å². The average Bonchev–Trinajstić information content (AvgIpc) is 2.28. The molecule has 0 bridgehead atoms. The monoisotopic (exact) mass is 245 g/mol. The zero-order chi connectivity index (χ0) is 12.7. The van der Waals surface area contributed by atoms with Gasteiger partial charge in [0.1, 0.15) is 0 Å². The molecular weight excluding hydrogens is 222 g/mol. The SMILES string of the molecule is CCC1(C(=O)N(CCOC)CCOC)COC1.